The number of hydrogen-bond acceptors (Lipinski definition) is 3. The molecule has 3 fully saturated rings. The highest BCUT2D eigenvalue weighted by Crippen LogP contribution is 2.29. The fraction of sp³-hybridized carbons (Fsp3) is 0.882. The maximum atomic E-state index is 12.6. The van der Waals surface area contributed by atoms with E-state index in [2.05, 4.69) is 0 Å². The summed E-state index contributed by atoms with van der Waals surface area (Å²) in [5.41, 5.74) is 0. The third-order valence-electron chi connectivity index (χ3n) is 5.55. The zero-order valence-corrected chi connectivity index (χ0v) is 13.4. The highest BCUT2D eigenvalue weighted by molar-refractivity contribution is 5.89. The Morgan fingerprint density at radius 3 is 2.27 bits per heavy atom. The van der Waals surface area contributed by atoms with Crippen molar-refractivity contribution in [1.29, 1.82) is 0 Å². The van der Waals surface area contributed by atoms with Crippen molar-refractivity contribution in [3.8, 4) is 0 Å². The summed E-state index contributed by atoms with van der Waals surface area (Å²) in [4.78, 5) is 28.8. The average molecular weight is 308 g/mol. The summed E-state index contributed by atoms with van der Waals surface area (Å²) in [5, 5.41) is 9.55. The maximum Gasteiger partial charge on any atom is 0.227 e. The molecule has 0 bridgehead atoms. The number of nitrogens with zero attached hydrogens (tertiary/aromatic N) is 2. The number of likely N-dealkylation sites (tertiary alicyclic amines) is 2. The van der Waals surface area contributed by atoms with Crippen LogP contribution in [0.4, 0.5) is 0 Å². The molecule has 5 nitrogen and oxygen atoms in total. The Morgan fingerprint density at radius 1 is 1.00 bits per heavy atom. The van der Waals surface area contributed by atoms with Gasteiger partial charge in [-0.25, -0.2) is 0 Å². The third-order valence-corrected chi connectivity index (χ3v) is 5.55. The zero-order chi connectivity index (χ0) is 15.5. The van der Waals surface area contributed by atoms with E-state index in [0.717, 1.165) is 12.8 Å². The zero-order valence-electron chi connectivity index (χ0n) is 13.4. The van der Waals surface area contributed by atoms with Crippen LogP contribution >= 0.6 is 0 Å². The molecule has 22 heavy (non-hydrogen) atoms. The van der Waals surface area contributed by atoms with Crippen molar-refractivity contribution < 1.29 is 14.7 Å². The number of hydrogen-bond donors (Lipinski definition) is 1. The molecule has 1 saturated carbocycles. The van der Waals surface area contributed by atoms with E-state index in [0.29, 0.717) is 44.9 Å². The van der Waals surface area contributed by atoms with Crippen LogP contribution in [0.1, 0.15) is 57.8 Å². The van der Waals surface area contributed by atoms with E-state index in [4.69, 9.17) is 0 Å². The van der Waals surface area contributed by atoms with E-state index in [1.165, 1.54) is 25.7 Å². The molecule has 2 amide bonds. The van der Waals surface area contributed by atoms with Gasteiger partial charge < -0.3 is 14.9 Å². The van der Waals surface area contributed by atoms with E-state index in [-0.39, 0.29) is 23.8 Å². The van der Waals surface area contributed by atoms with E-state index >= 15 is 0 Å². The van der Waals surface area contributed by atoms with Crippen LogP contribution in [0.2, 0.25) is 0 Å². The summed E-state index contributed by atoms with van der Waals surface area (Å²) in [6, 6.07) is 0.357. The Bertz CT molecular complexity index is 410. The lowest BCUT2D eigenvalue weighted by atomic mass is 10.0. The second kappa shape index (κ2) is 6.99. The van der Waals surface area contributed by atoms with Gasteiger partial charge in [-0.2, -0.15) is 0 Å². The molecule has 124 valence electrons. The lowest BCUT2D eigenvalue weighted by molar-refractivity contribution is -0.137. The van der Waals surface area contributed by atoms with Gasteiger partial charge in [0.15, 0.2) is 0 Å². The van der Waals surface area contributed by atoms with E-state index < -0.39 is 0 Å². The number of piperidine rings is 1. The predicted octanol–water partition coefficient (Wildman–Crippen LogP) is 1.54. The van der Waals surface area contributed by atoms with Crippen molar-refractivity contribution in [3.63, 3.8) is 0 Å². The smallest absolute Gasteiger partial charge is 0.227 e. The Hall–Kier alpha value is -1.10. The van der Waals surface area contributed by atoms with Gasteiger partial charge in [0.2, 0.25) is 11.8 Å². The van der Waals surface area contributed by atoms with Gasteiger partial charge in [-0.05, 0) is 25.7 Å². The molecule has 1 aliphatic carbocycles. The summed E-state index contributed by atoms with van der Waals surface area (Å²) in [5.74, 6) is 0.129. The molecule has 2 heterocycles. The number of amides is 2. The first-order chi connectivity index (χ1) is 10.6. The summed E-state index contributed by atoms with van der Waals surface area (Å²) >= 11 is 0. The predicted molar refractivity (Wildman–Crippen MR) is 83.1 cm³/mol. The lowest BCUT2D eigenvalue weighted by Gasteiger charge is -2.32. The van der Waals surface area contributed by atoms with Gasteiger partial charge in [-0.1, -0.05) is 25.7 Å². The van der Waals surface area contributed by atoms with Crippen LogP contribution in [-0.4, -0.2) is 58.5 Å². The minimum absolute atomic E-state index is 0.122. The van der Waals surface area contributed by atoms with E-state index in [1.54, 1.807) is 0 Å². The van der Waals surface area contributed by atoms with Crippen LogP contribution in [0.25, 0.3) is 0 Å². The first kappa shape index (κ1) is 15.8. The molecule has 1 unspecified atom stereocenters. The molecule has 3 rings (SSSR count). The van der Waals surface area contributed by atoms with Gasteiger partial charge >= 0.3 is 0 Å². The number of aliphatic hydroxyl groups excluding tert-OH is 1. The van der Waals surface area contributed by atoms with Crippen molar-refractivity contribution in [2.45, 2.75) is 69.9 Å². The number of aliphatic hydroxyl groups is 1. The first-order valence-corrected chi connectivity index (χ1v) is 8.91. The normalized spacial score (nSPS) is 29.0. The van der Waals surface area contributed by atoms with Crippen LogP contribution in [0.3, 0.4) is 0 Å². The lowest BCUT2D eigenvalue weighted by Crippen LogP contribution is -2.44. The second-order valence-electron chi connectivity index (χ2n) is 7.15. The Labute approximate surface area is 132 Å². The van der Waals surface area contributed by atoms with Gasteiger partial charge in [0.05, 0.1) is 12.0 Å². The van der Waals surface area contributed by atoms with Gasteiger partial charge in [-0.3, -0.25) is 9.59 Å². The minimum atomic E-state index is -0.267. The van der Waals surface area contributed by atoms with Crippen molar-refractivity contribution in [3.05, 3.63) is 0 Å². The van der Waals surface area contributed by atoms with Gasteiger partial charge in [0.25, 0.3) is 0 Å². The SMILES string of the molecule is O=C(C1CC(=O)N(C2CCCCCC2)C1)N1CCC(O)CC1. The van der Waals surface area contributed by atoms with Crippen LogP contribution in [0, 0.1) is 5.92 Å². The molecule has 0 aromatic carbocycles. The summed E-state index contributed by atoms with van der Waals surface area (Å²) < 4.78 is 0. The second-order valence-corrected chi connectivity index (χ2v) is 7.15. The van der Waals surface area contributed by atoms with Crippen LogP contribution in [0.15, 0.2) is 0 Å². The fourth-order valence-electron chi connectivity index (χ4n) is 4.16. The molecule has 5 heteroatoms. The molecular weight excluding hydrogens is 280 g/mol. The largest absolute Gasteiger partial charge is 0.393 e. The summed E-state index contributed by atoms with van der Waals surface area (Å²) in [7, 11) is 0. The van der Waals surface area contributed by atoms with Gasteiger partial charge in [0, 0.05) is 32.1 Å². The van der Waals surface area contributed by atoms with Crippen molar-refractivity contribution in [2.75, 3.05) is 19.6 Å². The molecule has 3 aliphatic rings. The Balaban J connectivity index is 1.57. The van der Waals surface area contributed by atoms with Crippen molar-refractivity contribution in [1.82, 2.24) is 9.80 Å². The van der Waals surface area contributed by atoms with Crippen LogP contribution in [-0.2, 0) is 9.59 Å². The summed E-state index contributed by atoms with van der Waals surface area (Å²) in [6.07, 6.45) is 8.61. The molecule has 0 aromatic rings. The standard InChI is InChI=1S/C17H28N2O3/c20-15-7-9-18(10-8-15)17(22)13-11-16(21)19(12-13)14-5-3-1-2-4-6-14/h13-15,20H,1-12H2. The van der Waals surface area contributed by atoms with Gasteiger partial charge in [-0.15, -0.1) is 0 Å². The third kappa shape index (κ3) is 3.45. The Morgan fingerprint density at radius 2 is 1.64 bits per heavy atom. The van der Waals surface area contributed by atoms with E-state index in [9.17, 15) is 14.7 Å². The molecular formula is C17H28N2O3. The molecule has 2 saturated heterocycles. The number of carbonyl (C=O) groups excluding carboxylic acids is 2. The Kier molecular flexibility index (Phi) is 5.01. The van der Waals surface area contributed by atoms with Crippen molar-refractivity contribution >= 4 is 11.8 Å². The number of carbonyl (C=O) groups is 2. The quantitative estimate of drug-likeness (QED) is 0.787. The molecule has 0 aromatic heterocycles. The van der Waals surface area contributed by atoms with Crippen molar-refractivity contribution in [2.24, 2.45) is 5.92 Å². The highest BCUT2D eigenvalue weighted by Gasteiger charge is 2.39. The molecule has 0 radical (unpaired) electrons. The maximum absolute atomic E-state index is 12.6. The first-order valence-electron chi connectivity index (χ1n) is 8.91. The fourth-order valence-corrected chi connectivity index (χ4v) is 4.16. The average Bonchev–Trinajstić information content (AvgIpc) is 2.74. The van der Waals surface area contributed by atoms with E-state index in [1.807, 2.05) is 9.80 Å². The van der Waals surface area contributed by atoms with Gasteiger partial charge in [0.1, 0.15) is 0 Å². The van der Waals surface area contributed by atoms with Crippen LogP contribution in [0.5, 0.6) is 0 Å². The van der Waals surface area contributed by atoms with Crippen LogP contribution < -0.4 is 0 Å². The molecule has 1 N–H and O–H groups in total. The summed E-state index contributed by atoms with van der Waals surface area (Å²) in [6.45, 7) is 1.88. The minimum Gasteiger partial charge on any atom is -0.393 e. The molecule has 2 aliphatic heterocycles. The topological polar surface area (TPSA) is 60.9 Å². The number of rotatable bonds is 2. The molecule has 1 atom stereocenters. The monoisotopic (exact) mass is 308 g/mol. The molecule has 0 spiro atoms. The highest BCUT2D eigenvalue weighted by atomic mass is 16.3.